The molecule has 1 aliphatic rings. The highest BCUT2D eigenvalue weighted by molar-refractivity contribution is 5.70. The Bertz CT molecular complexity index is 461. The summed E-state index contributed by atoms with van der Waals surface area (Å²) in [5.74, 6) is 0.581. The molecule has 1 fully saturated rings. The Kier molecular flexibility index (Phi) is 4.27. The Morgan fingerprint density at radius 2 is 2.21 bits per heavy atom. The zero-order valence-corrected chi connectivity index (χ0v) is 11.3. The minimum absolute atomic E-state index is 0.246. The van der Waals surface area contributed by atoms with E-state index in [1.807, 2.05) is 18.2 Å². The number of ether oxygens (including phenoxy) is 2. The number of carboxylic acids is 1. The Balaban J connectivity index is 2.05. The highest BCUT2D eigenvalue weighted by atomic mass is 16.5. The highest BCUT2D eigenvalue weighted by Crippen LogP contribution is 2.27. The summed E-state index contributed by atoms with van der Waals surface area (Å²) in [4.78, 5) is 13.1. The van der Waals surface area contributed by atoms with Crippen molar-refractivity contribution in [2.24, 2.45) is 5.92 Å². The maximum absolute atomic E-state index is 10.9. The molecule has 0 radical (unpaired) electrons. The first-order chi connectivity index (χ1) is 9.13. The predicted octanol–water partition coefficient (Wildman–Crippen LogP) is 1.61. The SMILES string of the molecule is COc1ccc(CN2CCC(C(=O)O)C2)c(OC)c1. The number of carbonyl (C=O) groups is 1. The van der Waals surface area contributed by atoms with Gasteiger partial charge in [-0.2, -0.15) is 0 Å². The summed E-state index contributed by atoms with van der Waals surface area (Å²) in [5.41, 5.74) is 1.05. The molecular weight excluding hydrogens is 246 g/mol. The van der Waals surface area contributed by atoms with Gasteiger partial charge in [0, 0.05) is 24.7 Å². The van der Waals surface area contributed by atoms with Crippen LogP contribution in [0.15, 0.2) is 18.2 Å². The Labute approximate surface area is 112 Å². The van der Waals surface area contributed by atoms with Crippen molar-refractivity contribution in [1.29, 1.82) is 0 Å². The molecule has 0 spiro atoms. The monoisotopic (exact) mass is 265 g/mol. The lowest BCUT2D eigenvalue weighted by Gasteiger charge is -2.17. The first-order valence-corrected chi connectivity index (χ1v) is 6.30. The van der Waals surface area contributed by atoms with Gasteiger partial charge >= 0.3 is 5.97 Å². The second kappa shape index (κ2) is 5.93. The van der Waals surface area contributed by atoms with Crippen LogP contribution >= 0.6 is 0 Å². The summed E-state index contributed by atoms with van der Waals surface area (Å²) in [7, 11) is 3.24. The molecule has 1 unspecified atom stereocenters. The number of hydrogen-bond acceptors (Lipinski definition) is 4. The van der Waals surface area contributed by atoms with Crippen LogP contribution in [0.25, 0.3) is 0 Å². The highest BCUT2D eigenvalue weighted by Gasteiger charge is 2.28. The summed E-state index contributed by atoms with van der Waals surface area (Å²) >= 11 is 0. The van der Waals surface area contributed by atoms with Gasteiger partial charge in [0.25, 0.3) is 0 Å². The van der Waals surface area contributed by atoms with Crippen LogP contribution in [0.3, 0.4) is 0 Å². The van der Waals surface area contributed by atoms with E-state index in [0.717, 1.165) is 23.6 Å². The summed E-state index contributed by atoms with van der Waals surface area (Å²) in [5, 5.41) is 9.00. The first-order valence-electron chi connectivity index (χ1n) is 6.30. The number of methoxy groups -OCH3 is 2. The standard InChI is InChI=1S/C14H19NO4/c1-18-12-4-3-10(13(7-12)19-2)8-15-6-5-11(9-15)14(16)17/h3-4,7,11H,5-6,8-9H2,1-2H3,(H,16,17). The van der Waals surface area contributed by atoms with E-state index >= 15 is 0 Å². The van der Waals surface area contributed by atoms with Crippen molar-refractivity contribution in [2.45, 2.75) is 13.0 Å². The fourth-order valence-corrected chi connectivity index (χ4v) is 2.40. The molecule has 1 aromatic rings. The molecule has 0 aromatic heterocycles. The lowest BCUT2D eigenvalue weighted by Crippen LogP contribution is -2.23. The van der Waals surface area contributed by atoms with E-state index in [0.29, 0.717) is 19.5 Å². The van der Waals surface area contributed by atoms with Gasteiger partial charge in [-0.15, -0.1) is 0 Å². The molecule has 5 nitrogen and oxygen atoms in total. The van der Waals surface area contributed by atoms with Gasteiger partial charge < -0.3 is 14.6 Å². The molecule has 1 aromatic carbocycles. The molecule has 19 heavy (non-hydrogen) atoms. The van der Waals surface area contributed by atoms with Crippen molar-refractivity contribution in [3.8, 4) is 11.5 Å². The van der Waals surface area contributed by atoms with Gasteiger partial charge in [-0.3, -0.25) is 9.69 Å². The van der Waals surface area contributed by atoms with Crippen LogP contribution < -0.4 is 9.47 Å². The number of carboxylic acid groups (broad SMARTS) is 1. The lowest BCUT2D eigenvalue weighted by atomic mass is 10.1. The molecule has 1 saturated heterocycles. The Morgan fingerprint density at radius 1 is 1.42 bits per heavy atom. The lowest BCUT2D eigenvalue weighted by molar-refractivity contribution is -0.141. The van der Waals surface area contributed by atoms with Crippen LogP contribution in [0.1, 0.15) is 12.0 Å². The van der Waals surface area contributed by atoms with Gasteiger partial charge in [0.05, 0.1) is 20.1 Å². The van der Waals surface area contributed by atoms with E-state index in [1.54, 1.807) is 14.2 Å². The quantitative estimate of drug-likeness (QED) is 0.876. The van der Waals surface area contributed by atoms with E-state index in [4.69, 9.17) is 14.6 Å². The second-order valence-corrected chi connectivity index (χ2v) is 4.74. The molecule has 5 heteroatoms. The Morgan fingerprint density at radius 3 is 2.79 bits per heavy atom. The molecule has 0 saturated carbocycles. The summed E-state index contributed by atoms with van der Waals surface area (Å²) in [6.07, 6.45) is 0.716. The number of likely N-dealkylation sites (tertiary alicyclic amines) is 1. The van der Waals surface area contributed by atoms with Gasteiger partial charge in [-0.1, -0.05) is 6.07 Å². The van der Waals surface area contributed by atoms with Gasteiger partial charge in [0.2, 0.25) is 0 Å². The summed E-state index contributed by atoms with van der Waals surface area (Å²) in [6, 6.07) is 5.70. The first kappa shape index (κ1) is 13.7. The zero-order chi connectivity index (χ0) is 13.8. The molecule has 1 heterocycles. The third-order valence-corrected chi connectivity index (χ3v) is 3.51. The summed E-state index contributed by atoms with van der Waals surface area (Å²) in [6.45, 7) is 2.12. The Hall–Kier alpha value is -1.75. The van der Waals surface area contributed by atoms with E-state index in [2.05, 4.69) is 4.90 Å². The van der Waals surface area contributed by atoms with Crippen molar-refractivity contribution in [3.05, 3.63) is 23.8 Å². The van der Waals surface area contributed by atoms with E-state index in [9.17, 15) is 4.79 Å². The van der Waals surface area contributed by atoms with Crippen LogP contribution in [0, 0.1) is 5.92 Å². The van der Waals surface area contributed by atoms with Crippen molar-refractivity contribution in [2.75, 3.05) is 27.3 Å². The van der Waals surface area contributed by atoms with Crippen LogP contribution in [0.4, 0.5) is 0 Å². The smallest absolute Gasteiger partial charge is 0.307 e. The van der Waals surface area contributed by atoms with Crippen LogP contribution in [0.2, 0.25) is 0 Å². The third kappa shape index (κ3) is 3.17. The number of rotatable bonds is 5. The van der Waals surface area contributed by atoms with Gasteiger partial charge in [-0.25, -0.2) is 0 Å². The molecule has 0 bridgehead atoms. The molecule has 0 aliphatic carbocycles. The molecule has 0 amide bonds. The van der Waals surface area contributed by atoms with Gasteiger partial charge in [0.15, 0.2) is 0 Å². The molecule has 1 atom stereocenters. The van der Waals surface area contributed by atoms with Crippen LogP contribution in [-0.4, -0.2) is 43.3 Å². The van der Waals surface area contributed by atoms with Crippen LogP contribution in [-0.2, 0) is 11.3 Å². The van der Waals surface area contributed by atoms with Gasteiger partial charge in [-0.05, 0) is 19.0 Å². The third-order valence-electron chi connectivity index (χ3n) is 3.51. The molecule has 1 aliphatic heterocycles. The molecular formula is C14H19NO4. The largest absolute Gasteiger partial charge is 0.497 e. The van der Waals surface area contributed by atoms with Crippen molar-refractivity contribution < 1.29 is 19.4 Å². The number of benzene rings is 1. The fraction of sp³-hybridized carbons (Fsp3) is 0.500. The van der Waals surface area contributed by atoms with Gasteiger partial charge in [0.1, 0.15) is 11.5 Å². The topological polar surface area (TPSA) is 59.0 Å². The maximum Gasteiger partial charge on any atom is 0.307 e. The minimum atomic E-state index is -0.704. The molecule has 2 rings (SSSR count). The maximum atomic E-state index is 10.9. The number of hydrogen-bond donors (Lipinski definition) is 1. The predicted molar refractivity (Wildman–Crippen MR) is 70.6 cm³/mol. The van der Waals surface area contributed by atoms with E-state index in [-0.39, 0.29) is 5.92 Å². The number of nitrogens with zero attached hydrogens (tertiary/aromatic N) is 1. The van der Waals surface area contributed by atoms with E-state index in [1.165, 1.54) is 0 Å². The average Bonchev–Trinajstić information content (AvgIpc) is 2.88. The molecule has 104 valence electrons. The number of aliphatic carboxylic acids is 1. The van der Waals surface area contributed by atoms with Crippen molar-refractivity contribution in [3.63, 3.8) is 0 Å². The zero-order valence-electron chi connectivity index (χ0n) is 11.3. The van der Waals surface area contributed by atoms with Crippen molar-refractivity contribution in [1.82, 2.24) is 4.90 Å². The minimum Gasteiger partial charge on any atom is -0.497 e. The second-order valence-electron chi connectivity index (χ2n) is 4.74. The van der Waals surface area contributed by atoms with Crippen LogP contribution in [0.5, 0.6) is 11.5 Å². The average molecular weight is 265 g/mol. The van der Waals surface area contributed by atoms with Crippen molar-refractivity contribution >= 4 is 5.97 Å². The fourth-order valence-electron chi connectivity index (χ4n) is 2.40. The summed E-state index contributed by atoms with van der Waals surface area (Å²) < 4.78 is 10.5. The van der Waals surface area contributed by atoms with E-state index < -0.39 is 5.97 Å². The molecule has 1 N–H and O–H groups in total. The normalized spacial score (nSPS) is 19.4.